The van der Waals surface area contributed by atoms with Crippen LogP contribution in [0, 0.1) is 20.8 Å². The van der Waals surface area contributed by atoms with Crippen molar-refractivity contribution in [2.75, 3.05) is 9.80 Å². The van der Waals surface area contributed by atoms with Gasteiger partial charge >= 0.3 is 0 Å². The Morgan fingerprint density at radius 3 is 0.869 bits per heavy atom. The minimum absolute atomic E-state index is 1.10. The minimum Gasteiger partial charge on any atom is -0.311 e. The predicted octanol–water partition coefficient (Wildman–Crippen LogP) is 16.9. The van der Waals surface area contributed by atoms with E-state index in [1.54, 1.807) is 0 Å². The Balaban J connectivity index is 1.01. The molecule has 0 aromatic heterocycles. The molecule has 0 unspecified atom stereocenters. The van der Waals surface area contributed by atoms with Crippen LogP contribution < -0.4 is 9.80 Å². The maximum atomic E-state index is 2.34. The van der Waals surface area contributed by atoms with Crippen LogP contribution in [0.1, 0.15) is 16.7 Å². The zero-order valence-electron chi connectivity index (χ0n) is 34.8. The lowest BCUT2D eigenvalue weighted by Crippen LogP contribution is -2.09. The fourth-order valence-electron chi connectivity index (χ4n) is 9.29. The molecule has 0 spiro atoms. The van der Waals surface area contributed by atoms with Gasteiger partial charge in [-0.25, -0.2) is 0 Å². The summed E-state index contributed by atoms with van der Waals surface area (Å²) >= 11 is 0. The minimum atomic E-state index is 1.10. The van der Waals surface area contributed by atoms with Crippen molar-refractivity contribution in [2.45, 2.75) is 20.8 Å². The van der Waals surface area contributed by atoms with Gasteiger partial charge < -0.3 is 9.80 Å². The molecule has 0 fully saturated rings. The van der Waals surface area contributed by atoms with E-state index in [-0.39, 0.29) is 0 Å². The number of anilines is 6. The van der Waals surface area contributed by atoms with E-state index >= 15 is 0 Å². The van der Waals surface area contributed by atoms with Crippen molar-refractivity contribution in [2.24, 2.45) is 0 Å². The van der Waals surface area contributed by atoms with Gasteiger partial charge in [0.25, 0.3) is 0 Å². The van der Waals surface area contributed by atoms with E-state index < -0.39 is 0 Å². The van der Waals surface area contributed by atoms with Gasteiger partial charge in [0.15, 0.2) is 0 Å². The van der Waals surface area contributed by atoms with E-state index in [4.69, 9.17) is 0 Å². The number of hydrogen-bond acceptors (Lipinski definition) is 2. The number of benzene rings is 10. The molecule has 2 nitrogen and oxygen atoms in total. The molecule has 10 aromatic carbocycles. The van der Waals surface area contributed by atoms with Crippen molar-refractivity contribution in [3.05, 3.63) is 241 Å². The number of rotatable bonds is 9. The average molecular weight is 783 g/mol. The van der Waals surface area contributed by atoms with Crippen molar-refractivity contribution < 1.29 is 0 Å². The molecule has 0 heterocycles. The molecule has 0 amide bonds. The van der Waals surface area contributed by atoms with E-state index in [2.05, 4.69) is 255 Å². The highest BCUT2D eigenvalue weighted by atomic mass is 15.1. The summed E-state index contributed by atoms with van der Waals surface area (Å²) in [5.41, 5.74) is 18.1. The SMILES string of the molecule is Cc1cc(C)c(-c2c3ccccc3c(-c3ccc(N(c4ccccc4)c4ccc(-c5ccc(N(c6ccccc6)c6ccccc6)cc5)cc4)cc3)c3ccccc23)c(C)c1. The molecule has 10 aromatic rings. The second-order valence-corrected chi connectivity index (χ2v) is 15.9. The lowest BCUT2D eigenvalue weighted by molar-refractivity contribution is 1.28. The maximum Gasteiger partial charge on any atom is 0.0462 e. The third kappa shape index (κ3) is 7.13. The number of hydrogen-bond donors (Lipinski definition) is 0. The summed E-state index contributed by atoms with van der Waals surface area (Å²) in [5, 5.41) is 5.08. The van der Waals surface area contributed by atoms with Crippen molar-refractivity contribution in [1.82, 2.24) is 0 Å². The fraction of sp³-hybridized carbons (Fsp3) is 0.0508. The highest BCUT2D eigenvalue weighted by Crippen LogP contribution is 2.46. The summed E-state index contributed by atoms with van der Waals surface area (Å²) in [6.07, 6.45) is 0. The summed E-state index contributed by atoms with van der Waals surface area (Å²) in [6, 6.07) is 81.2. The Labute approximate surface area is 359 Å². The van der Waals surface area contributed by atoms with E-state index in [0.717, 1.165) is 34.1 Å². The third-order valence-corrected chi connectivity index (χ3v) is 11.9. The summed E-state index contributed by atoms with van der Waals surface area (Å²) < 4.78 is 0. The fourth-order valence-corrected chi connectivity index (χ4v) is 9.29. The zero-order chi connectivity index (χ0) is 41.3. The predicted molar refractivity (Wildman–Crippen MR) is 261 cm³/mol. The first-order valence-electron chi connectivity index (χ1n) is 21.1. The van der Waals surface area contributed by atoms with Gasteiger partial charge in [0.2, 0.25) is 0 Å². The highest BCUT2D eigenvalue weighted by Gasteiger charge is 2.20. The normalized spacial score (nSPS) is 11.2. The van der Waals surface area contributed by atoms with Crippen LogP contribution in [-0.4, -0.2) is 0 Å². The van der Waals surface area contributed by atoms with Crippen LogP contribution in [0.15, 0.2) is 224 Å². The van der Waals surface area contributed by atoms with Crippen molar-refractivity contribution in [3.8, 4) is 33.4 Å². The lowest BCUT2D eigenvalue weighted by Gasteiger charge is -2.26. The van der Waals surface area contributed by atoms with Gasteiger partial charge in [-0.3, -0.25) is 0 Å². The molecular weight excluding hydrogens is 737 g/mol. The van der Waals surface area contributed by atoms with Crippen molar-refractivity contribution >= 4 is 55.7 Å². The van der Waals surface area contributed by atoms with Crippen molar-refractivity contribution in [1.29, 1.82) is 0 Å². The molecular formula is C59H46N2. The number of aryl methyl sites for hydroxylation is 3. The Bertz CT molecular complexity index is 3000. The van der Waals surface area contributed by atoms with E-state index in [1.165, 1.54) is 71.6 Å². The van der Waals surface area contributed by atoms with Crippen LogP contribution in [0.25, 0.3) is 54.9 Å². The first-order valence-corrected chi connectivity index (χ1v) is 21.1. The summed E-state index contributed by atoms with van der Waals surface area (Å²) in [4.78, 5) is 4.64. The second kappa shape index (κ2) is 16.2. The lowest BCUT2D eigenvalue weighted by atomic mass is 9.83. The molecule has 0 aliphatic carbocycles. The van der Waals surface area contributed by atoms with Gasteiger partial charge in [0, 0.05) is 34.1 Å². The number of nitrogens with zero attached hydrogens (tertiary/aromatic N) is 2. The standard InChI is InChI=1S/C59H46N2/c1-41-39-42(2)57(43(3)40-41)59-55-25-15-13-23-53(55)58(54-24-14-16-26-56(54)59)46-31-37-52(38-32-46)61(49-21-11-6-12-22-49)51-35-29-45(30-36-51)44-27-33-50(34-28-44)60(47-17-7-4-8-18-47)48-19-9-5-10-20-48/h4-40H,1-3H3. The van der Waals surface area contributed by atoms with Gasteiger partial charge in [-0.1, -0.05) is 157 Å². The van der Waals surface area contributed by atoms with Gasteiger partial charge in [-0.2, -0.15) is 0 Å². The smallest absolute Gasteiger partial charge is 0.0462 e. The molecule has 0 radical (unpaired) electrons. The molecule has 292 valence electrons. The monoisotopic (exact) mass is 782 g/mol. The molecule has 2 heteroatoms. The Morgan fingerprint density at radius 2 is 0.525 bits per heavy atom. The molecule has 0 saturated heterocycles. The topological polar surface area (TPSA) is 6.48 Å². The number of para-hydroxylation sites is 3. The Kier molecular flexibility index (Phi) is 9.96. The molecule has 0 aliphatic heterocycles. The Hall–Kier alpha value is -7.68. The molecule has 0 N–H and O–H groups in total. The van der Waals surface area contributed by atoms with Gasteiger partial charge in [-0.15, -0.1) is 0 Å². The number of fused-ring (bicyclic) bond motifs is 2. The second-order valence-electron chi connectivity index (χ2n) is 15.9. The summed E-state index contributed by atoms with van der Waals surface area (Å²) in [5.74, 6) is 0. The molecule has 0 atom stereocenters. The quantitative estimate of drug-likeness (QED) is 0.135. The van der Waals surface area contributed by atoms with E-state index in [0.29, 0.717) is 0 Å². The first kappa shape index (κ1) is 37.6. The zero-order valence-corrected chi connectivity index (χ0v) is 34.8. The highest BCUT2D eigenvalue weighted by molar-refractivity contribution is 6.22. The summed E-state index contributed by atoms with van der Waals surface area (Å²) in [6.45, 7) is 6.69. The van der Waals surface area contributed by atoms with Gasteiger partial charge in [0.1, 0.15) is 0 Å². The van der Waals surface area contributed by atoms with Gasteiger partial charge in [0.05, 0.1) is 0 Å². The molecule has 0 saturated carbocycles. The average Bonchev–Trinajstić information content (AvgIpc) is 3.31. The van der Waals surface area contributed by atoms with Crippen LogP contribution in [-0.2, 0) is 0 Å². The van der Waals surface area contributed by atoms with Crippen LogP contribution in [0.4, 0.5) is 34.1 Å². The maximum absolute atomic E-state index is 2.34. The Morgan fingerprint density at radius 1 is 0.246 bits per heavy atom. The van der Waals surface area contributed by atoms with Gasteiger partial charge in [-0.05, 0) is 160 Å². The van der Waals surface area contributed by atoms with E-state index in [1.807, 2.05) is 0 Å². The molecule has 10 rings (SSSR count). The molecule has 61 heavy (non-hydrogen) atoms. The molecule has 0 aliphatic rings. The third-order valence-electron chi connectivity index (χ3n) is 11.9. The van der Waals surface area contributed by atoms with Crippen LogP contribution >= 0.6 is 0 Å². The van der Waals surface area contributed by atoms with Crippen LogP contribution in [0.2, 0.25) is 0 Å². The summed E-state index contributed by atoms with van der Waals surface area (Å²) in [7, 11) is 0. The first-order chi connectivity index (χ1) is 30.0. The van der Waals surface area contributed by atoms with Crippen LogP contribution in [0.5, 0.6) is 0 Å². The molecule has 0 bridgehead atoms. The van der Waals surface area contributed by atoms with E-state index in [9.17, 15) is 0 Å². The van der Waals surface area contributed by atoms with Crippen molar-refractivity contribution in [3.63, 3.8) is 0 Å². The largest absolute Gasteiger partial charge is 0.311 e. The van der Waals surface area contributed by atoms with Crippen LogP contribution in [0.3, 0.4) is 0 Å².